The van der Waals surface area contributed by atoms with Gasteiger partial charge in [0.2, 0.25) is 0 Å². The Bertz CT molecular complexity index is 240. The van der Waals surface area contributed by atoms with Crippen molar-refractivity contribution in [2.75, 3.05) is 0 Å². The summed E-state index contributed by atoms with van der Waals surface area (Å²) < 4.78 is 12.5. The van der Waals surface area contributed by atoms with E-state index in [1.807, 2.05) is 2.45 Å². The van der Waals surface area contributed by atoms with Crippen molar-refractivity contribution in [3.8, 4) is 0 Å². The average molecular weight is 594 g/mol. The number of unbranched alkanes of at least 4 members (excludes halogenated alkanes) is 6. The fraction of sp³-hybridized carbons (Fsp3) is 1.00. The Morgan fingerprint density at radius 3 is 0.667 bits per heavy atom. The summed E-state index contributed by atoms with van der Waals surface area (Å²) >= 11 is -3.92. The predicted molar refractivity (Wildman–Crippen MR) is 135 cm³/mol. The van der Waals surface area contributed by atoms with Crippen LogP contribution in [0.1, 0.15) is 119 Å². The first-order valence-electron chi connectivity index (χ1n) is 13.1. The minimum absolute atomic E-state index is 1.44. The van der Waals surface area contributed by atoms with Gasteiger partial charge in [-0.2, -0.15) is 0 Å². The van der Waals surface area contributed by atoms with Crippen LogP contribution in [0.4, 0.5) is 0 Å². The van der Waals surface area contributed by atoms with Gasteiger partial charge in [0, 0.05) is 0 Å². The van der Waals surface area contributed by atoms with E-state index in [2.05, 4.69) is 41.5 Å². The second-order valence-corrected chi connectivity index (χ2v) is 43.3. The molecule has 0 saturated carbocycles. The molecule has 0 aliphatic rings. The monoisotopic (exact) mass is 596 g/mol. The van der Waals surface area contributed by atoms with Crippen molar-refractivity contribution in [3.63, 3.8) is 0 Å². The van der Waals surface area contributed by atoms with Gasteiger partial charge in [0.15, 0.2) is 0 Å². The fourth-order valence-corrected chi connectivity index (χ4v) is 86.9. The van der Waals surface area contributed by atoms with E-state index in [1.165, 1.54) is 38.5 Å². The first kappa shape index (κ1) is 28.6. The zero-order valence-electron chi connectivity index (χ0n) is 20.4. The van der Waals surface area contributed by atoms with E-state index >= 15 is 0 Å². The Labute approximate surface area is 183 Å². The molecule has 0 aromatic rings. The third-order valence-corrected chi connectivity index (χ3v) is 64.3. The van der Waals surface area contributed by atoms with Gasteiger partial charge in [-0.25, -0.2) is 0 Å². The molecular formula is C25H56Sn2. The van der Waals surface area contributed by atoms with Gasteiger partial charge in [-0.15, -0.1) is 0 Å². The molecule has 164 valence electrons. The van der Waals surface area contributed by atoms with Gasteiger partial charge < -0.3 is 0 Å². The molecule has 0 amide bonds. The third-order valence-electron chi connectivity index (χ3n) is 7.11. The summed E-state index contributed by atoms with van der Waals surface area (Å²) in [5, 5.41) is 0. The van der Waals surface area contributed by atoms with E-state index in [-0.39, 0.29) is 0 Å². The molecule has 2 heteroatoms. The molecule has 0 rings (SSSR count). The van der Waals surface area contributed by atoms with Gasteiger partial charge in [-0.3, -0.25) is 0 Å². The Kier molecular flexibility index (Phi) is 19.5. The molecule has 0 aromatic carbocycles. The van der Waals surface area contributed by atoms with Crippen molar-refractivity contribution in [1.29, 1.82) is 0 Å². The molecule has 0 unspecified atom stereocenters. The molecule has 0 spiro atoms. The molecule has 0 atom stereocenters. The molecule has 0 aliphatic heterocycles. The maximum absolute atomic E-state index is 2.44. The summed E-state index contributed by atoms with van der Waals surface area (Å²) in [5.41, 5.74) is 0. The van der Waals surface area contributed by atoms with Gasteiger partial charge in [-0.1, -0.05) is 0 Å². The van der Waals surface area contributed by atoms with E-state index in [0.29, 0.717) is 0 Å². The van der Waals surface area contributed by atoms with E-state index < -0.39 is 36.8 Å². The Balaban J connectivity index is 5.66. The van der Waals surface area contributed by atoms with Crippen LogP contribution < -0.4 is 0 Å². The molecule has 0 aromatic heterocycles. The Hall–Kier alpha value is 1.60. The maximum atomic E-state index is 2.44. The SMILES string of the molecule is CCC[CH2][Sn]([CH2]CCC)([CH2]CCC)[CH2][Sn]([CH2]CCC)([CH2]CCC)[CH2]CCC. The summed E-state index contributed by atoms with van der Waals surface area (Å²) in [4.78, 5) is 0. The van der Waals surface area contributed by atoms with Crippen molar-refractivity contribution in [2.45, 2.75) is 148 Å². The predicted octanol–water partition coefficient (Wildman–Crippen LogP) is 10.2. The quantitative estimate of drug-likeness (QED) is 0.123. The summed E-state index contributed by atoms with van der Waals surface area (Å²) in [6, 6.07) is 0. The Morgan fingerprint density at radius 2 is 0.519 bits per heavy atom. The standard InChI is InChI=1S/6C4H9.CH2.2Sn/c6*1-3-4-2;;;/h6*1,3-4H2,2H3;1H2;;. The second-order valence-electron chi connectivity index (χ2n) is 9.80. The summed E-state index contributed by atoms with van der Waals surface area (Å²) in [7, 11) is 0. The van der Waals surface area contributed by atoms with Crippen LogP contribution in [0.15, 0.2) is 0 Å². The number of rotatable bonds is 20. The van der Waals surface area contributed by atoms with Crippen molar-refractivity contribution in [2.24, 2.45) is 0 Å². The number of hydrogen-bond donors (Lipinski definition) is 0. The van der Waals surface area contributed by atoms with Crippen LogP contribution in [0.2, 0.25) is 29.1 Å². The molecule has 0 radical (unpaired) electrons. The van der Waals surface area contributed by atoms with Crippen molar-refractivity contribution >= 4 is 36.8 Å². The summed E-state index contributed by atoms with van der Waals surface area (Å²) in [6.07, 6.45) is 18.1. The third kappa shape index (κ3) is 12.8. The normalized spacial score (nSPS) is 12.7. The molecule has 27 heavy (non-hydrogen) atoms. The zero-order chi connectivity index (χ0) is 20.4. The molecule has 0 saturated heterocycles. The second kappa shape index (κ2) is 18.4. The van der Waals surface area contributed by atoms with Gasteiger partial charge in [-0.05, 0) is 0 Å². The van der Waals surface area contributed by atoms with Crippen LogP contribution in [0.25, 0.3) is 0 Å². The topological polar surface area (TPSA) is 0 Å². The molecule has 0 nitrogen and oxygen atoms in total. The molecule has 0 fully saturated rings. The van der Waals surface area contributed by atoms with Crippen LogP contribution in [0.3, 0.4) is 0 Å². The van der Waals surface area contributed by atoms with E-state index in [1.54, 1.807) is 65.1 Å². The van der Waals surface area contributed by atoms with Crippen molar-refractivity contribution in [1.82, 2.24) is 0 Å². The van der Waals surface area contributed by atoms with Crippen molar-refractivity contribution < 1.29 is 0 Å². The molecule has 0 N–H and O–H groups in total. The van der Waals surface area contributed by atoms with Crippen LogP contribution in [-0.4, -0.2) is 36.8 Å². The van der Waals surface area contributed by atoms with Crippen molar-refractivity contribution in [3.05, 3.63) is 0 Å². The van der Waals surface area contributed by atoms with Gasteiger partial charge >= 0.3 is 184 Å². The average Bonchev–Trinajstić information content (AvgIpc) is 2.70. The fourth-order valence-electron chi connectivity index (χ4n) is 5.39. The van der Waals surface area contributed by atoms with Gasteiger partial charge in [0.05, 0.1) is 0 Å². The van der Waals surface area contributed by atoms with Crippen LogP contribution >= 0.6 is 0 Å². The van der Waals surface area contributed by atoms with E-state index in [0.717, 1.165) is 0 Å². The van der Waals surface area contributed by atoms with Gasteiger partial charge in [0.25, 0.3) is 0 Å². The Morgan fingerprint density at radius 1 is 0.333 bits per heavy atom. The first-order valence-corrected chi connectivity index (χ1v) is 29.2. The zero-order valence-corrected chi connectivity index (χ0v) is 26.1. The van der Waals surface area contributed by atoms with Gasteiger partial charge in [0.1, 0.15) is 0 Å². The summed E-state index contributed by atoms with van der Waals surface area (Å²) in [5.74, 6) is 0. The molecule has 0 aliphatic carbocycles. The first-order chi connectivity index (χ1) is 13.1. The van der Waals surface area contributed by atoms with Crippen LogP contribution in [0, 0.1) is 0 Å². The minimum atomic E-state index is -1.96. The molecular weight excluding hydrogens is 538 g/mol. The summed E-state index contributed by atoms with van der Waals surface area (Å²) in [6.45, 7) is 14.7. The van der Waals surface area contributed by atoms with Crippen LogP contribution in [-0.2, 0) is 0 Å². The van der Waals surface area contributed by atoms with E-state index in [9.17, 15) is 0 Å². The number of hydrogen-bond acceptors (Lipinski definition) is 0. The van der Waals surface area contributed by atoms with E-state index in [4.69, 9.17) is 0 Å². The van der Waals surface area contributed by atoms with Crippen LogP contribution in [0.5, 0.6) is 0 Å². The molecule has 0 heterocycles. The molecule has 0 bridgehead atoms.